The van der Waals surface area contributed by atoms with Crippen LogP contribution in [0.25, 0.3) is 88.0 Å². The van der Waals surface area contributed by atoms with Crippen LogP contribution in [0, 0.1) is 0 Å². The van der Waals surface area contributed by atoms with Crippen molar-refractivity contribution in [3.8, 4) is 55.6 Å². The van der Waals surface area contributed by atoms with E-state index in [0.29, 0.717) is 0 Å². The number of hydrogen-bond acceptors (Lipinski definition) is 1. The summed E-state index contributed by atoms with van der Waals surface area (Å²) < 4.78 is 0. The summed E-state index contributed by atoms with van der Waals surface area (Å²) in [5, 5.41) is 7.48. The molecule has 0 radical (unpaired) electrons. The van der Waals surface area contributed by atoms with Gasteiger partial charge in [-0.25, -0.2) is 0 Å². The highest BCUT2D eigenvalue weighted by Crippen LogP contribution is 2.59. The first-order valence-electron chi connectivity index (χ1n) is 25.7. The zero-order valence-corrected chi connectivity index (χ0v) is 40.7. The first kappa shape index (κ1) is 43.2. The molecular formula is C73H49N. The molecule has 0 saturated heterocycles. The Labute approximate surface area is 432 Å². The highest BCUT2D eigenvalue weighted by Gasteiger charge is 2.47. The van der Waals surface area contributed by atoms with Crippen LogP contribution < -0.4 is 4.90 Å². The Morgan fingerprint density at radius 1 is 0.243 bits per heavy atom. The minimum atomic E-state index is -0.527. The third-order valence-corrected chi connectivity index (χ3v) is 15.5. The molecule has 0 amide bonds. The minimum absolute atomic E-state index is 0.527. The molecule has 0 atom stereocenters. The van der Waals surface area contributed by atoms with Crippen LogP contribution in [0.2, 0.25) is 0 Å². The van der Waals surface area contributed by atoms with E-state index in [9.17, 15) is 0 Å². The summed E-state index contributed by atoms with van der Waals surface area (Å²) in [6.07, 6.45) is 0. The second-order valence-electron chi connectivity index (χ2n) is 19.5. The number of anilines is 3. The molecule has 0 N–H and O–H groups in total. The lowest BCUT2D eigenvalue weighted by molar-refractivity contribution is 0.768. The van der Waals surface area contributed by atoms with Crippen LogP contribution in [0.15, 0.2) is 297 Å². The monoisotopic (exact) mass is 939 g/mol. The zero-order chi connectivity index (χ0) is 49.0. The molecule has 0 heterocycles. The van der Waals surface area contributed by atoms with Crippen LogP contribution in [0.5, 0.6) is 0 Å². The topological polar surface area (TPSA) is 3.24 Å². The second kappa shape index (κ2) is 17.9. The Hall–Kier alpha value is -9.56. The van der Waals surface area contributed by atoms with Crippen molar-refractivity contribution >= 4 is 49.4 Å². The van der Waals surface area contributed by atoms with Gasteiger partial charge in [0.1, 0.15) is 0 Å². The number of nitrogens with zero attached hydrogens (tertiary/aromatic N) is 1. The van der Waals surface area contributed by atoms with Gasteiger partial charge in [0, 0.05) is 16.9 Å². The van der Waals surface area contributed by atoms with Crippen molar-refractivity contribution in [2.75, 3.05) is 4.90 Å². The Bertz CT molecular complexity index is 4160. The lowest BCUT2D eigenvalue weighted by Crippen LogP contribution is -2.28. The van der Waals surface area contributed by atoms with Crippen molar-refractivity contribution in [2.45, 2.75) is 5.41 Å². The fourth-order valence-corrected chi connectivity index (χ4v) is 12.2. The lowest BCUT2D eigenvalue weighted by Gasteiger charge is -2.34. The van der Waals surface area contributed by atoms with E-state index in [2.05, 4.69) is 302 Å². The van der Waals surface area contributed by atoms with Crippen LogP contribution in [0.4, 0.5) is 17.1 Å². The van der Waals surface area contributed by atoms with E-state index < -0.39 is 5.41 Å². The van der Waals surface area contributed by atoms with Crippen molar-refractivity contribution in [2.24, 2.45) is 0 Å². The average molecular weight is 940 g/mol. The van der Waals surface area contributed by atoms with Crippen molar-refractivity contribution in [3.63, 3.8) is 0 Å². The molecule has 346 valence electrons. The van der Waals surface area contributed by atoms with Gasteiger partial charge in [0.15, 0.2) is 0 Å². The normalized spacial score (nSPS) is 12.4. The summed E-state index contributed by atoms with van der Waals surface area (Å²) in [6, 6.07) is 110. The molecule has 0 aliphatic heterocycles. The summed E-state index contributed by atoms with van der Waals surface area (Å²) >= 11 is 0. The van der Waals surface area contributed by atoms with Gasteiger partial charge in [0.25, 0.3) is 0 Å². The third kappa shape index (κ3) is 7.00. The molecule has 0 spiro atoms. The first-order chi connectivity index (χ1) is 36.7. The van der Waals surface area contributed by atoms with E-state index in [1.54, 1.807) is 0 Å². The quantitative estimate of drug-likeness (QED) is 0.130. The standard InChI is InChI=1S/C73H49N/c1-5-21-53(22-6-1)70-64-31-16-15-30-62(64)63-47-42-57(49-66(63)71(70)54-23-7-2-8-24-54)52-40-45-61(46-41-52)74(60-43-38-51(39-44-60)56-37-36-50-20-13-14-25-55(50)48-56)69-35-19-34-68-72(69)65-32-17-18-33-67(65)73(68,58-26-9-3-10-27-58)59-28-11-4-12-29-59/h1-49H. The van der Waals surface area contributed by atoms with Gasteiger partial charge in [-0.2, -0.15) is 0 Å². The number of rotatable bonds is 9. The molecular weight excluding hydrogens is 891 g/mol. The molecule has 0 aromatic heterocycles. The van der Waals surface area contributed by atoms with Crippen LogP contribution >= 0.6 is 0 Å². The molecule has 13 aromatic rings. The van der Waals surface area contributed by atoms with Gasteiger partial charge >= 0.3 is 0 Å². The maximum absolute atomic E-state index is 2.47. The molecule has 1 aliphatic rings. The summed E-state index contributed by atoms with van der Waals surface area (Å²) in [4.78, 5) is 2.47. The fraction of sp³-hybridized carbons (Fsp3) is 0.0137. The second-order valence-corrected chi connectivity index (χ2v) is 19.5. The van der Waals surface area contributed by atoms with Crippen molar-refractivity contribution < 1.29 is 0 Å². The predicted molar refractivity (Wildman–Crippen MR) is 313 cm³/mol. The SMILES string of the molecule is c1ccc(-c2c(-c3ccccc3)c3cc(-c4ccc(N(c5ccc(-c6ccc7ccccc7c6)cc5)c5cccc6c5-c5ccccc5C6(c5ccccc5)c5ccccc5)cc4)ccc3c3ccccc23)cc1. The van der Waals surface area contributed by atoms with Gasteiger partial charge in [-0.3, -0.25) is 0 Å². The van der Waals surface area contributed by atoms with Gasteiger partial charge in [-0.05, 0) is 147 Å². The van der Waals surface area contributed by atoms with E-state index in [1.807, 2.05) is 0 Å². The molecule has 13 aromatic carbocycles. The molecule has 0 saturated carbocycles. The number of fused-ring (bicyclic) bond motifs is 7. The van der Waals surface area contributed by atoms with Crippen LogP contribution in [-0.4, -0.2) is 0 Å². The first-order valence-corrected chi connectivity index (χ1v) is 25.7. The van der Waals surface area contributed by atoms with E-state index in [1.165, 1.54) is 105 Å². The van der Waals surface area contributed by atoms with Gasteiger partial charge < -0.3 is 4.90 Å². The van der Waals surface area contributed by atoms with E-state index >= 15 is 0 Å². The molecule has 0 bridgehead atoms. The van der Waals surface area contributed by atoms with E-state index in [-0.39, 0.29) is 0 Å². The molecule has 0 fully saturated rings. The predicted octanol–water partition coefficient (Wildman–Crippen LogP) is 19.6. The van der Waals surface area contributed by atoms with Crippen LogP contribution in [0.3, 0.4) is 0 Å². The van der Waals surface area contributed by atoms with Crippen LogP contribution in [0.1, 0.15) is 22.3 Å². The van der Waals surface area contributed by atoms with Crippen molar-refractivity contribution in [3.05, 3.63) is 320 Å². The maximum Gasteiger partial charge on any atom is 0.0714 e. The third-order valence-electron chi connectivity index (χ3n) is 15.5. The molecule has 1 aliphatic carbocycles. The molecule has 74 heavy (non-hydrogen) atoms. The smallest absolute Gasteiger partial charge is 0.0714 e. The van der Waals surface area contributed by atoms with Gasteiger partial charge in [0.05, 0.1) is 11.1 Å². The number of benzene rings is 13. The molecule has 1 nitrogen and oxygen atoms in total. The molecule has 1 heteroatoms. The van der Waals surface area contributed by atoms with Gasteiger partial charge in [0.2, 0.25) is 0 Å². The largest absolute Gasteiger partial charge is 0.310 e. The summed E-state index contributed by atoms with van der Waals surface area (Å²) in [7, 11) is 0. The average Bonchev–Trinajstić information content (AvgIpc) is 3.80. The summed E-state index contributed by atoms with van der Waals surface area (Å²) in [6.45, 7) is 0. The Balaban J connectivity index is 0.958. The molecule has 14 rings (SSSR count). The van der Waals surface area contributed by atoms with Crippen LogP contribution in [-0.2, 0) is 5.41 Å². The number of hydrogen-bond donors (Lipinski definition) is 0. The van der Waals surface area contributed by atoms with Gasteiger partial charge in [-0.1, -0.05) is 255 Å². The van der Waals surface area contributed by atoms with Crippen molar-refractivity contribution in [1.82, 2.24) is 0 Å². The highest BCUT2D eigenvalue weighted by atomic mass is 15.1. The lowest BCUT2D eigenvalue weighted by atomic mass is 9.68. The molecule has 0 unspecified atom stereocenters. The maximum atomic E-state index is 2.47. The van der Waals surface area contributed by atoms with E-state index in [4.69, 9.17) is 0 Å². The van der Waals surface area contributed by atoms with Gasteiger partial charge in [-0.15, -0.1) is 0 Å². The van der Waals surface area contributed by atoms with E-state index in [0.717, 1.165) is 22.6 Å². The summed E-state index contributed by atoms with van der Waals surface area (Å²) in [5.41, 5.74) is 20.0. The fourth-order valence-electron chi connectivity index (χ4n) is 12.2. The Kier molecular flexibility index (Phi) is 10.5. The van der Waals surface area contributed by atoms with Crippen molar-refractivity contribution in [1.29, 1.82) is 0 Å². The highest BCUT2D eigenvalue weighted by molar-refractivity contribution is 6.22. The zero-order valence-electron chi connectivity index (χ0n) is 40.7. The Morgan fingerprint density at radius 2 is 0.703 bits per heavy atom. The summed E-state index contributed by atoms with van der Waals surface area (Å²) in [5.74, 6) is 0. The minimum Gasteiger partial charge on any atom is -0.310 e. The Morgan fingerprint density at radius 3 is 1.34 bits per heavy atom.